The summed E-state index contributed by atoms with van der Waals surface area (Å²) in [6.45, 7) is 3.07. The van der Waals surface area contributed by atoms with Crippen molar-refractivity contribution in [3.63, 3.8) is 0 Å². The van der Waals surface area contributed by atoms with Crippen molar-refractivity contribution in [2.75, 3.05) is 17.9 Å². The minimum atomic E-state index is -3.75. The molecule has 166 valence electrons. The Morgan fingerprint density at radius 1 is 1.06 bits per heavy atom. The normalized spacial score (nSPS) is 16.0. The van der Waals surface area contributed by atoms with Crippen molar-refractivity contribution in [2.45, 2.75) is 30.7 Å². The van der Waals surface area contributed by atoms with E-state index in [4.69, 9.17) is 4.74 Å². The number of nitrogens with one attached hydrogen (secondary N) is 1. The van der Waals surface area contributed by atoms with Gasteiger partial charge in [-0.05, 0) is 86.0 Å². The lowest BCUT2D eigenvalue weighted by molar-refractivity contribution is 0.0735. The first-order valence-electron chi connectivity index (χ1n) is 10.5. The molecule has 1 saturated heterocycles. The van der Waals surface area contributed by atoms with Gasteiger partial charge in [-0.1, -0.05) is 0 Å². The van der Waals surface area contributed by atoms with Crippen LogP contribution in [-0.4, -0.2) is 37.4 Å². The SMILES string of the molecule is CCOc1ccc(S(=O)(=O)Nc2ccc(C(=O)N3CCCC3c3ccncc3)cc2)cc1. The smallest absolute Gasteiger partial charge is 0.261 e. The van der Waals surface area contributed by atoms with Gasteiger partial charge in [0.1, 0.15) is 5.75 Å². The first-order valence-corrected chi connectivity index (χ1v) is 12.0. The topological polar surface area (TPSA) is 88.6 Å². The van der Waals surface area contributed by atoms with E-state index in [1.807, 2.05) is 24.0 Å². The maximum atomic E-state index is 13.1. The number of carbonyl (C=O) groups is 1. The molecule has 1 aliphatic rings. The van der Waals surface area contributed by atoms with E-state index in [9.17, 15) is 13.2 Å². The van der Waals surface area contributed by atoms with Gasteiger partial charge < -0.3 is 9.64 Å². The highest BCUT2D eigenvalue weighted by Crippen LogP contribution is 2.33. The Labute approximate surface area is 188 Å². The number of sulfonamides is 1. The number of rotatable bonds is 7. The van der Waals surface area contributed by atoms with E-state index < -0.39 is 10.0 Å². The highest BCUT2D eigenvalue weighted by molar-refractivity contribution is 7.92. The fourth-order valence-electron chi connectivity index (χ4n) is 3.88. The molecule has 0 saturated carbocycles. The lowest BCUT2D eigenvalue weighted by Crippen LogP contribution is -2.30. The molecular formula is C24H25N3O4S. The number of benzene rings is 2. The van der Waals surface area contributed by atoms with Crippen LogP contribution in [0.25, 0.3) is 0 Å². The van der Waals surface area contributed by atoms with E-state index in [1.54, 1.807) is 48.8 Å². The van der Waals surface area contributed by atoms with Gasteiger partial charge in [-0.25, -0.2) is 8.42 Å². The van der Waals surface area contributed by atoms with Gasteiger partial charge in [0.05, 0.1) is 17.5 Å². The van der Waals surface area contributed by atoms with Crippen molar-refractivity contribution in [3.05, 3.63) is 84.2 Å². The second-order valence-corrected chi connectivity index (χ2v) is 9.21. The van der Waals surface area contributed by atoms with Crippen LogP contribution in [0, 0.1) is 0 Å². The average molecular weight is 452 g/mol. The van der Waals surface area contributed by atoms with E-state index in [0.717, 1.165) is 18.4 Å². The number of hydrogen-bond donors (Lipinski definition) is 1. The number of nitrogens with zero attached hydrogens (tertiary/aromatic N) is 2. The molecule has 2 heterocycles. The van der Waals surface area contributed by atoms with Crippen molar-refractivity contribution < 1.29 is 17.9 Å². The van der Waals surface area contributed by atoms with E-state index in [1.165, 1.54) is 12.1 Å². The average Bonchev–Trinajstić information content (AvgIpc) is 3.30. The van der Waals surface area contributed by atoms with Gasteiger partial charge in [-0.2, -0.15) is 0 Å². The van der Waals surface area contributed by atoms with Crippen molar-refractivity contribution in [1.82, 2.24) is 9.88 Å². The molecule has 4 rings (SSSR count). The molecule has 1 amide bonds. The molecule has 0 bridgehead atoms. The fraction of sp³-hybridized carbons (Fsp3) is 0.250. The summed E-state index contributed by atoms with van der Waals surface area (Å²) >= 11 is 0. The van der Waals surface area contributed by atoms with Crippen LogP contribution in [0.3, 0.4) is 0 Å². The van der Waals surface area contributed by atoms with E-state index >= 15 is 0 Å². The van der Waals surface area contributed by atoms with Crippen molar-refractivity contribution >= 4 is 21.6 Å². The van der Waals surface area contributed by atoms with Gasteiger partial charge in [0.25, 0.3) is 15.9 Å². The number of amides is 1. The second-order valence-electron chi connectivity index (χ2n) is 7.52. The van der Waals surface area contributed by atoms with Gasteiger partial charge in [0.15, 0.2) is 0 Å². The fourth-order valence-corrected chi connectivity index (χ4v) is 4.94. The van der Waals surface area contributed by atoms with Crippen LogP contribution < -0.4 is 9.46 Å². The number of aromatic nitrogens is 1. The molecule has 7 nitrogen and oxygen atoms in total. The molecule has 1 aliphatic heterocycles. The molecule has 1 N–H and O–H groups in total. The number of likely N-dealkylation sites (tertiary alicyclic amines) is 1. The minimum Gasteiger partial charge on any atom is -0.494 e. The Kier molecular flexibility index (Phi) is 6.41. The molecule has 1 aromatic heterocycles. The quantitative estimate of drug-likeness (QED) is 0.580. The molecule has 2 aromatic carbocycles. The van der Waals surface area contributed by atoms with Crippen LogP contribution >= 0.6 is 0 Å². The van der Waals surface area contributed by atoms with Crippen molar-refractivity contribution in [1.29, 1.82) is 0 Å². The van der Waals surface area contributed by atoms with E-state index in [0.29, 0.717) is 30.2 Å². The van der Waals surface area contributed by atoms with Gasteiger partial charge >= 0.3 is 0 Å². The van der Waals surface area contributed by atoms with E-state index in [2.05, 4.69) is 9.71 Å². The Morgan fingerprint density at radius 3 is 2.41 bits per heavy atom. The lowest BCUT2D eigenvalue weighted by atomic mass is 10.1. The van der Waals surface area contributed by atoms with Crippen LogP contribution in [0.2, 0.25) is 0 Å². The zero-order valence-electron chi connectivity index (χ0n) is 17.8. The number of hydrogen-bond acceptors (Lipinski definition) is 5. The molecule has 0 aliphatic carbocycles. The van der Waals surface area contributed by atoms with Crippen molar-refractivity contribution in [3.8, 4) is 5.75 Å². The Hall–Kier alpha value is -3.39. The molecule has 3 aromatic rings. The third-order valence-electron chi connectivity index (χ3n) is 5.43. The first-order chi connectivity index (χ1) is 15.5. The van der Waals surface area contributed by atoms with Gasteiger partial charge in [0, 0.05) is 30.2 Å². The summed E-state index contributed by atoms with van der Waals surface area (Å²) in [4.78, 5) is 19.2. The maximum Gasteiger partial charge on any atom is 0.261 e. The molecular weight excluding hydrogens is 426 g/mol. The molecule has 0 spiro atoms. The number of ether oxygens (including phenoxy) is 1. The summed E-state index contributed by atoms with van der Waals surface area (Å²) in [6.07, 6.45) is 5.33. The van der Waals surface area contributed by atoms with Crippen LogP contribution in [0.1, 0.15) is 41.7 Å². The Morgan fingerprint density at radius 2 is 1.75 bits per heavy atom. The summed E-state index contributed by atoms with van der Waals surface area (Å²) in [7, 11) is -3.75. The Balaban J connectivity index is 1.46. The minimum absolute atomic E-state index is 0.0309. The summed E-state index contributed by atoms with van der Waals surface area (Å²) in [6, 6.07) is 16.7. The molecule has 1 atom stereocenters. The number of carbonyl (C=O) groups excluding carboxylic acids is 1. The maximum absolute atomic E-state index is 13.1. The van der Waals surface area contributed by atoms with Crippen LogP contribution in [-0.2, 0) is 10.0 Å². The predicted octanol–water partition coefficient (Wildman–Crippen LogP) is 4.26. The predicted molar refractivity (Wildman–Crippen MR) is 122 cm³/mol. The first kappa shape index (κ1) is 21.8. The summed E-state index contributed by atoms with van der Waals surface area (Å²) in [5, 5.41) is 0. The van der Waals surface area contributed by atoms with Crippen LogP contribution in [0.4, 0.5) is 5.69 Å². The third kappa shape index (κ3) is 4.75. The summed E-state index contributed by atoms with van der Waals surface area (Å²) in [5.41, 5.74) is 1.99. The monoisotopic (exact) mass is 451 g/mol. The number of pyridine rings is 1. The number of anilines is 1. The second kappa shape index (κ2) is 9.40. The van der Waals surface area contributed by atoms with Crippen molar-refractivity contribution in [2.24, 2.45) is 0 Å². The lowest BCUT2D eigenvalue weighted by Gasteiger charge is -2.25. The Bertz CT molecular complexity index is 1160. The highest BCUT2D eigenvalue weighted by atomic mass is 32.2. The zero-order chi connectivity index (χ0) is 22.6. The molecule has 32 heavy (non-hydrogen) atoms. The summed E-state index contributed by atoms with van der Waals surface area (Å²) in [5.74, 6) is 0.548. The third-order valence-corrected chi connectivity index (χ3v) is 6.83. The highest BCUT2D eigenvalue weighted by Gasteiger charge is 2.30. The van der Waals surface area contributed by atoms with Gasteiger partial charge in [-0.3, -0.25) is 14.5 Å². The zero-order valence-corrected chi connectivity index (χ0v) is 18.6. The van der Waals surface area contributed by atoms with E-state index in [-0.39, 0.29) is 16.8 Å². The van der Waals surface area contributed by atoms with Gasteiger partial charge in [0.2, 0.25) is 0 Å². The largest absolute Gasteiger partial charge is 0.494 e. The molecule has 1 unspecified atom stereocenters. The van der Waals surface area contributed by atoms with Crippen LogP contribution in [0.15, 0.2) is 78.0 Å². The molecule has 1 fully saturated rings. The molecule has 0 radical (unpaired) electrons. The van der Waals surface area contributed by atoms with Gasteiger partial charge in [-0.15, -0.1) is 0 Å². The van der Waals surface area contributed by atoms with Crippen LogP contribution in [0.5, 0.6) is 5.75 Å². The molecule has 8 heteroatoms. The standard InChI is InChI=1S/C24H25N3O4S/c1-2-31-21-9-11-22(12-10-21)32(29,30)26-20-7-5-19(6-8-20)24(28)27-17-3-4-23(27)18-13-15-25-16-14-18/h5-16,23,26H,2-4,17H2,1H3. The summed E-state index contributed by atoms with van der Waals surface area (Å²) < 4.78 is 33.2.